The van der Waals surface area contributed by atoms with Gasteiger partial charge < -0.3 is 9.47 Å². The van der Waals surface area contributed by atoms with E-state index in [9.17, 15) is 0 Å². The molecule has 0 unspecified atom stereocenters. The Morgan fingerprint density at radius 1 is 1.13 bits per heavy atom. The van der Waals surface area contributed by atoms with Crippen molar-refractivity contribution in [1.29, 1.82) is 0 Å². The van der Waals surface area contributed by atoms with Crippen molar-refractivity contribution in [3.8, 4) is 0 Å². The van der Waals surface area contributed by atoms with Crippen LogP contribution < -0.4 is 4.90 Å². The highest BCUT2D eigenvalue weighted by Crippen LogP contribution is 2.26. The molecule has 0 spiro atoms. The molecule has 0 aliphatic carbocycles. The third kappa shape index (κ3) is 2.56. The maximum atomic E-state index is 4.76. The second-order valence-corrected chi connectivity index (χ2v) is 6.52. The highest BCUT2D eigenvalue weighted by Gasteiger charge is 2.28. The van der Waals surface area contributed by atoms with E-state index < -0.39 is 0 Å². The molecule has 0 radical (unpaired) electrons. The van der Waals surface area contributed by atoms with Crippen molar-refractivity contribution in [3.05, 3.63) is 47.7 Å². The Labute approximate surface area is 136 Å². The van der Waals surface area contributed by atoms with Gasteiger partial charge in [0, 0.05) is 49.0 Å². The fraction of sp³-hybridized carbons (Fsp3) is 0.389. The summed E-state index contributed by atoms with van der Waals surface area (Å²) in [5.41, 5.74) is 3.12. The van der Waals surface area contributed by atoms with E-state index in [4.69, 9.17) is 4.98 Å². The Bertz CT molecular complexity index is 861. The largest absolute Gasteiger partial charge is 0.356 e. The van der Waals surface area contributed by atoms with Crippen LogP contribution >= 0.6 is 0 Å². The van der Waals surface area contributed by atoms with E-state index >= 15 is 0 Å². The summed E-state index contributed by atoms with van der Waals surface area (Å²) < 4.78 is 2.23. The number of fused-ring (bicyclic) bond motifs is 1. The number of anilines is 1. The third-order valence-corrected chi connectivity index (χ3v) is 4.65. The zero-order chi connectivity index (χ0) is 16.0. The monoisotopic (exact) mass is 307 g/mol. The topological polar surface area (TPSA) is 46.8 Å². The Morgan fingerprint density at radius 3 is 2.70 bits per heavy atom. The predicted octanol–water partition coefficient (Wildman–Crippen LogP) is 2.89. The lowest BCUT2D eigenvalue weighted by molar-refractivity contribution is 0.352. The molecular formula is C18H21N5. The van der Waals surface area contributed by atoms with Crippen molar-refractivity contribution >= 4 is 16.9 Å². The number of nitrogens with zero attached hydrogens (tertiary/aromatic N) is 5. The van der Waals surface area contributed by atoms with Crippen molar-refractivity contribution in [1.82, 2.24) is 19.5 Å². The van der Waals surface area contributed by atoms with E-state index in [2.05, 4.69) is 57.7 Å². The quantitative estimate of drug-likeness (QED) is 0.746. The van der Waals surface area contributed by atoms with Crippen LogP contribution in [-0.2, 0) is 6.54 Å². The summed E-state index contributed by atoms with van der Waals surface area (Å²) in [6.45, 7) is 9.31. The van der Waals surface area contributed by atoms with E-state index in [0.29, 0.717) is 5.92 Å². The van der Waals surface area contributed by atoms with Crippen LogP contribution in [0, 0.1) is 26.7 Å². The lowest BCUT2D eigenvalue weighted by atomic mass is 10.00. The van der Waals surface area contributed by atoms with Gasteiger partial charge in [0.15, 0.2) is 5.65 Å². The molecule has 1 aliphatic rings. The summed E-state index contributed by atoms with van der Waals surface area (Å²) >= 11 is 0. The van der Waals surface area contributed by atoms with Crippen LogP contribution in [-0.4, -0.2) is 32.6 Å². The maximum Gasteiger partial charge on any atom is 0.162 e. The van der Waals surface area contributed by atoms with Gasteiger partial charge >= 0.3 is 0 Å². The molecule has 118 valence electrons. The fourth-order valence-corrected chi connectivity index (χ4v) is 3.35. The predicted molar refractivity (Wildman–Crippen MR) is 91.7 cm³/mol. The number of pyridine rings is 2. The molecule has 4 heterocycles. The van der Waals surface area contributed by atoms with Gasteiger partial charge in [0.1, 0.15) is 11.6 Å². The molecule has 1 fully saturated rings. The molecule has 3 aromatic heterocycles. The molecule has 0 saturated carbocycles. The van der Waals surface area contributed by atoms with Crippen LogP contribution in [0.25, 0.3) is 11.0 Å². The zero-order valence-electron chi connectivity index (χ0n) is 13.8. The molecule has 5 heteroatoms. The first-order chi connectivity index (χ1) is 11.1. The van der Waals surface area contributed by atoms with E-state index in [0.717, 1.165) is 48.0 Å². The van der Waals surface area contributed by atoms with Crippen LogP contribution in [0.2, 0.25) is 0 Å². The van der Waals surface area contributed by atoms with Crippen molar-refractivity contribution in [2.45, 2.75) is 27.3 Å². The highest BCUT2D eigenvalue weighted by molar-refractivity contribution is 5.80. The van der Waals surface area contributed by atoms with Gasteiger partial charge in [-0.1, -0.05) is 0 Å². The van der Waals surface area contributed by atoms with Gasteiger partial charge in [0.05, 0.1) is 0 Å². The zero-order valence-corrected chi connectivity index (χ0v) is 13.8. The van der Waals surface area contributed by atoms with Crippen molar-refractivity contribution in [2.75, 3.05) is 18.0 Å². The summed E-state index contributed by atoms with van der Waals surface area (Å²) in [5, 5.41) is 1.14. The van der Waals surface area contributed by atoms with Gasteiger partial charge in [-0.15, -0.1) is 0 Å². The van der Waals surface area contributed by atoms with Gasteiger partial charge in [-0.25, -0.2) is 15.0 Å². The molecule has 5 nitrogen and oxygen atoms in total. The van der Waals surface area contributed by atoms with Gasteiger partial charge in [-0.3, -0.25) is 0 Å². The minimum atomic E-state index is 0.660. The second-order valence-electron chi connectivity index (χ2n) is 6.52. The Balaban J connectivity index is 1.50. The van der Waals surface area contributed by atoms with Crippen LogP contribution in [0.5, 0.6) is 0 Å². The Kier molecular flexibility index (Phi) is 3.29. The molecule has 1 saturated heterocycles. The maximum absolute atomic E-state index is 4.76. The molecule has 0 amide bonds. The third-order valence-electron chi connectivity index (χ3n) is 4.65. The molecule has 4 rings (SSSR count). The molecule has 3 aromatic rings. The van der Waals surface area contributed by atoms with Crippen LogP contribution in [0.15, 0.2) is 30.6 Å². The Hall–Kier alpha value is -2.43. The first-order valence-electron chi connectivity index (χ1n) is 8.08. The number of hydrogen-bond acceptors (Lipinski definition) is 4. The second kappa shape index (κ2) is 5.33. The smallest absolute Gasteiger partial charge is 0.162 e. The number of rotatable bonds is 3. The lowest BCUT2D eigenvalue weighted by Gasteiger charge is -2.40. The van der Waals surface area contributed by atoms with E-state index in [-0.39, 0.29) is 0 Å². The molecule has 0 N–H and O–H groups in total. The van der Waals surface area contributed by atoms with Gasteiger partial charge in [0.2, 0.25) is 0 Å². The van der Waals surface area contributed by atoms with Crippen molar-refractivity contribution < 1.29 is 0 Å². The molecule has 23 heavy (non-hydrogen) atoms. The van der Waals surface area contributed by atoms with Crippen LogP contribution in [0.1, 0.15) is 17.1 Å². The summed E-state index contributed by atoms with van der Waals surface area (Å²) in [6.07, 6.45) is 3.93. The van der Waals surface area contributed by atoms with Crippen molar-refractivity contribution in [3.63, 3.8) is 0 Å². The first kappa shape index (κ1) is 14.2. The number of imidazole rings is 1. The minimum absolute atomic E-state index is 0.660. The summed E-state index contributed by atoms with van der Waals surface area (Å²) in [7, 11) is 0. The summed E-state index contributed by atoms with van der Waals surface area (Å²) in [5.74, 6) is 2.78. The average molecular weight is 307 g/mol. The molecule has 0 aromatic carbocycles. The van der Waals surface area contributed by atoms with Gasteiger partial charge in [-0.2, -0.15) is 0 Å². The summed E-state index contributed by atoms with van der Waals surface area (Å²) in [6, 6.07) is 6.37. The number of aromatic nitrogens is 4. The van der Waals surface area contributed by atoms with E-state index in [1.165, 1.54) is 5.56 Å². The average Bonchev–Trinajstić information content (AvgIpc) is 2.86. The summed E-state index contributed by atoms with van der Waals surface area (Å²) in [4.78, 5) is 16.0. The van der Waals surface area contributed by atoms with Crippen LogP contribution in [0.4, 0.5) is 5.82 Å². The minimum Gasteiger partial charge on any atom is -0.356 e. The van der Waals surface area contributed by atoms with Gasteiger partial charge in [0.25, 0.3) is 0 Å². The van der Waals surface area contributed by atoms with Gasteiger partial charge in [-0.05, 0) is 44.5 Å². The molecule has 0 bridgehead atoms. The van der Waals surface area contributed by atoms with Crippen molar-refractivity contribution in [2.24, 2.45) is 5.92 Å². The molecule has 0 atom stereocenters. The first-order valence-corrected chi connectivity index (χ1v) is 8.08. The van der Waals surface area contributed by atoms with Crippen LogP contribution in [0.3, 0.4) is 0 Å². The fourth-order valence-electron chi connectivity index (χ4n) is 3.35. The lowest BCUT2D eigenvalue weighted by Crippen LogP contribution is -2.49. The number of hydrogen-bond donors (Lipinski definition) is 0. The standard InChI is InChI=1S/C18H21N5/c1-12-8-13(2)20-18-16(12)4-5-17(21-18)23-10-15(11-23)9-22-7-6-19-14(22)3/h4-8,15H,9-11H2,1-3H3. The number of aryl methyl sites for hydroxylation is 3. The van der Waals surface area contributed by atoms with E-state index in [1.807, 2.05) is 13.1 Å². The Morgan fingerprint density at radius 2 is 1.96 bits per heavy atom. The highest BCUT2D eigenvalue weighted by atomic mass is 15.3. The van der Waals surface area contributed by atoms with E-state index in [1.54, 1.807) is 0 Å². The molecule has 1 aliphatic heterocycles. The SMILES string of the molecule is Cc1cc(C)c2ccc(N3CC(Cn4ccnc4C)C3)nc2n1. The normalized spacial score (nSPS) is 15.2. The molecular weight excluding hydrogens is 286 g/mol.